The SMILES string of the molecule is CN(Cc1cnn(C)c1)S(=O)(=O)c1cccc(F)c1. The highest BCUT2D eigenvalue weighted by Crippen LogP contribution is 2.17. The highest BCUT2D eigenvalue weighted by atomic mass is 32.2. The minimum atomic E-state index is -3.69. The lowest BCUT2D eigenvalue weighted by Gasteiger charge is -2.16. The highest BCUT2D eigenvalue weighted by Gasteiger charge is 2.21. The van der Waals surface area contributed by atoms with Gasteiger partial charge in [0.2, 0.25) is 10.0 Å². The van der Waals surface area contributed by atoms with Crippen LogP contribution in [0.25, 0.3) is 0 Å². The maximum absolute atomic E-state index is 13.1. The summed E-state index contributed by atoms with van der Waals surface area (Å²) in [5.41, 5.74) is 0.768. The van der Waals surface area contributed by atoms with Gasteiger partial charge in [0.15, 0.2) is 0 Å². The molecule has 1 aromatic heterocycles. The van der Waals surface area contributed by atoms with Crippen LogP contribution < -0.4 is 0 Å². The zero-order valence-electron chi connectivity index (χ0n) is 10.6. The largest absolute Gasteiger partial charge is 0.275 e. The van der Waals surface area contributed by atoms with Gasteiger partial charge in [-0.2, -0.15) is 9.40 Å². The van der Waals surface area contributed by atoms with Crippen molar-refractivity contribution in [2.75, 3.05) is 7.05 Å². The summed E-state index contributed by atoms with van der Waals surface area (Å²) in [6, 6.07) is 4.97. The van der Waals surface area contributed by atoms with E-state index in [0.29, 0.717) is 0 Å². The van der Waals surface area contributed by atoms with Crippen LogP contribution in [0.5, 0.6) is 0 Å². The third-order valence-corrected chi connectivity index (χ3v) is 4.47. The minimum absolute atomic E-state index is 0.0566. The van der Waals surface area contributed by atoms with Gasteiger partial charge >= 0.3 is 0 Å². The van der Waals surface area contributed by atoms with Gasteiger partial charge in [0.1, 0.15) is 5.82 Å². The van der Waals surface area contributed by atoms with Crippen LogP contribution in [0.15, 0.2) is 41.6 Å². The number of benzene rings is 1. The highest BCUT2D eigenvalue weighted by molar-refractivity contribution is 7.89. The van der Waals surface area contributed by atoms with E-state index < -0.39 is 15.8 Å². The van der Waals surface area contributed by atoms with Crippen molar-refractivity contribution in [2.24, 2.45) is 7.05 Å². The average Bonchev–Trinajstić information content (AvgIpc) is 2.74. The summed E-state index contributed by atoms with van der Waals surface area (Å²) in [5.74, 6) is -0.573. The van der Waals surface area contributed by atoms with Gasteiger partial charge in [0.05, 0.1) is 11.1 Å². The third-order valence-electron chi connectivity index (χ3n) is 2.67. The second-order valence-electron chi connectivity index (χ2n) is 4.24. The normalized spacial score (nSPS) is 12.0. The first kappa shape index (κ1) is 13.7. The van der Waals surface area contributed by atoms with Crippen LogP contribution in [0.4, 0.5) is 4.39 Å². The molecule has 0 amide bonds. The summed E-state index contributed by atoms with van der Waals surface area (Å²) < 4.78 is 40.3. The Labute approximate surface area is 111 Å². The van der Waals surface area contributed by atoms with Crippen LogP contribution >= 0.6 is 0 Å². The van der Waals surface area contributed by atoms with Crippen LogP contribution in [-0.2, 0) is 23.6 Å². The molecule has 0 fully saturated rings. The molecule has 0 unspecified atom stereocenters. The number of halogens is 1. The van der Waals surface area contributed by atoms with Crippen LogP contribution in [0.1, 0.15) is 5.56 Å². The van der Waals surface area contributed by atoms with Gasteiger partial charge < -0.3 is 0 Å². The van der Waals surface area contributed by atoms with E-state index in [0.717, 1.165) is 11.6 Å². The van der Waals surface area contributed by atoms with E-state index in [-0.39, 0.29) is 11.4 Å². The van der Waals surface area contributed by atoms with Crippen molar-refractivity contribution < 1.29 is 12.8 Å². The van der Waals surface area contributed by atoms with Gasteiger partial charge in [-0.3, -0.25) is 4.68 Å². The molecule has 7 heteroatoms. The first-order valence-corrected chi connectivity index (χ1v) is 7.03. The van der Waals surface area contributed by atoms with E-state index in [1.807, 2.05) is 0 Å². The fourth-order valence-corrected chi connectivity index (χ4v) is 2.89. The van der Waals surface area contributed by atoms with Gasteiger partial charge in [-0.25, -0.2) is 12.8 Å². The lowest BCUT2D eigenvalue weighted by molar-refractivity contribution is 0.466. The molecule has 0 bridgehead atoms. The number of hydrogen-bond donors (Lipinski definition) is 0. The van der Waals surface area contributed by atoms with Crippen molar-refractivity contribution in [1.29, 1.82) is 0 Å². The van der Waals surface area contributed by atoms with Crippen molar-refractivity contribution in [3.63, 3.8) is 0 Å². The molecule has 0 aliphatic rings. The molecular formula is C12H14FN3O2S. The summed E-state index contributed by atoms with van der Waals surface area (Å²) >= 11 is 0. The zero-order valence-corrected chi connectivity index (χ0v) is 11.4. The maximum atomic E-state index is 13.1. The third kappa shape index (κ3) is 2.99. The molecule has 2 aromatic rings. The predicted molar refractivity (Wildman–Crippen MR) is 68.3 cm³/mol. The second-order valence-corrected chi connectivity index (χ2v) is 6.29. The van der Waals surface area contributed by atoms with Crippen molar-refractivity contribution in [3.05, 3.63) is 48.0 Å². The molecule has 5 nitrogen and oxygen atoms in total. The first-order valence-electron chi connectivity index (χ1n) is 5.59. The van der Waals surface area contributed by atoms with E-state index in [1.54, 1.807) is 24.1 Å². The Hall–Kier alpha value is -1.73. The minimum Gasteiger partial charge on any atom is -0.275 e. The quantitative estimate of drug-likeness (QED) is 0.852. The Morgan fingerprint density at radius 2 is 2.16 bits per heavy atom. The number of aromatic nitrogens is 2. The van der Waals surface area contributed by atoms with Crippen molar-refractivity contribution in [2.45, 2.75) is 11.4 Å². The van der Waals surface area contributed by atoms with Gasteiger partial charge in [0.25, 0.3) is 0 Å². The molecule has 1 heterocycles. The van der Waals surface area contributed by atoms with E-state index in [2.05, 4.69) is 5.10 Å². The van der Waals surface area contributed by atoms with Crippen molar-refractivity contribution in [3.8, 4) is 0 Å². The number of hydrogen-bond acceptors (Lipinski definition) is 3. The van der Waals surface area contributed by atoms with Crippen LogP contribution in [0, 0.1) is 5.82 Å². The Morgan fingerprint density at radius 1 is 1.42 bits per heavy atom. The van der Waals surface area contributed by atoms with Gasteiger partial charge in [-0.15, -0.1) is 0 Å². The maximum Gasteiger partial charge on any atom is 0.243 e. The summed E-state index contributed by atoms with van der Waals surface area (Å²) in [5, 5.41) is 3.97. The molecule has 0 saturated heterocycles. The van der Waals surface area contributed by atoms with E-state index in [4.69, 9.17) is 0 Å². The van der Waals surface area contributed by atoms with Gasteiger partial charge in [-0.05, 0) is 18.2 Å². The monoisotopic (exact) mass is 283 g/mol. The molecule has 0 atom stereocenters. The second kappa shape index (κ2) is 5.10. The molecule has 0 saturated carbocycles. The van der Waals surface area contributed by atoms with Crippen molar-refractivity contribution >= 4 is 10.0 Å². The topological polar surface area (TPSA) is 55.2 Å². The Kier molecular flexibility index (Phi) is 3.68. The number of rotatable bonds is 4. The molecule has 0 radical (unpaired) electrons. The van der Waals surface area contributed by atoms with E-state index >= 15 is 0 Å². The fourth-order valence-electron chi connectivity index (χ4n) is 1.70. The van der Waals surface area contributed by atoms with Crippen LogP contribution in [0.3, 0.4) is 0 Å². The van der Waals surface area contributed by atoms with E-state index in [9.17, 15) is 12.8 Å². The molecule has 0 N–H and O–H groups in total. The lowest BCUT2D eigenvalue weighted by atomic mass is 10.3. The first-order chi connectivity index (χ1) is 8.89. The van der Waals surface area contributed by atoms with Crippen molar-refractivity contribution in [1.82, 2.24) is 14.1 Å². The van der Waals surface area contributed by atoms with Gasteiger partial charge in [0, 0.05) is 32.4 Å². The summed E-state index contributed by atoms with van der Waals surface area (Å²) in [4.78, 5) is -0.0566. The Morgan fingerprint density at radius 3 is 2.74 bits per heavy atom. The summed E-state index contributed by atoms with van der Waals surface area (Å²) in [6.45, 7) is 0.187. The predicted octanol–water partition coefficient (Wildman–Crippen LogP) is 1.38. The molecule has 0 aliphatic carbocycles. The summed E-state index contributed by atoms with van der Waals surface area (Å²) in [7, 11) is -0.488. The number of aryl methyl sites for hydroxylation is 1. The van der Waals surface area contributed by atoms with Gasteiger partial charge in [-0.1, -0.05) is 6.07 Å². The molecule has 102 valence electrons. The molecule has 0 aliphatic heterocycles. The summed E-state index contributed by atoms with van der Waals surface area (Å²) in [6.07, 6.45) is 3.33. The Bertz CT molecular complexity index is 682. The van der Waals surface area contributed by atoms with Crippen LogP contribution in [0.2, 0.25) is 0 Å². The molecule has 2 rings (SSSR count). The Balaban J connectivity index is 2.24. The standard InChI is InChI=1S/C12H14FN3O2S/c1-15-8-10(7-14-15)9-16(2)19(17,18)12-5-3-4-11(13)6-12/h3-8H,9H2,1-2H3. The molecular weight excluding hydrogens is 269 g/mol. The average molecular weight is 283 g/mol. The van der Waals surface area contributed by atoms with E-state index in [1.165, 1.54) is 29.6 Å². The fraction of sp³-hybridized carbons (Fsp3) is 0.250. The zero-order chi connectivity index (χ0) is 14.0. The lowest BCUT2D eigenvalue weighted by Crippen LogP contribution is -2.26. The molecule has 1 aromatic carbocycles. The number of nitrogens with zero attached hydrogens (tertiary/aromatic N) is 3. The van der Waals surface area contributed by atoms with Crippen LogP contribution in [-0.4, -0.2) is 29.6 Å². The molecule has 19 heavy (non-hydrogen) atoms. The number of sulfonamides is 1. The smallest absolute Gasteiger partial charge is 0.243 e. The molecule has 0 spiro atoms.